The number of alkyl halides is 3. The highest BCUT2D eigenvalue weighted by atomic mass is 19.4. The third-order valence-corrected chi connectivity index (χ3v) is 6.67. The van der Waals surface area contributed by atoms with E-state index < -0.39 is 29.3 Å². The normalized spacial score (nSPS) is 17.6. The largest absolute Gasteiger partial charge is 0.573 e. The van der Waals surface area contributed by atoms with Gasteiger partial charge in [-0.3, -0.25) is 9.59 Å². The van der Waals surface area contributed by atoms with Gasteiger partial charge in [0.05, 0.1) is 5.41 Å². The second-order valence-electron chi connectivity index (χ2n) is 9.58. The molecular formula is C26H25F4N3O3. The van der Waals surface area contributed by atoms with Gasteiger partial charge in [-0.2, -0.15) is 0 Å². The Balaban J connectivity index is 1.50. The van der Waals surface area contributed by atoms with Crippen molar-refractivity contribution in [2.75, 3.05) is 11.9 Å². The summed E-state index contributed by atoms with van der Waals surface area (Å²) in [6.45, 7) is 2.92. The SMILES string of the molecule is CC1(CN/C=C(\C=N)c2ccc(NC(=O)C3(c4ccc(OC(F)(F)F)cc4F)CC3)cc2C=O)CC1. The number of aldehydes is 1. The van der Waals surface area contributed by atoms with Crippen molar-refractivity contribution in [2.24, 2.45) is 5.41 Å². The van der Waals surface area contributed by atoms with E-state index >= 15 is 0 Å². The number of ether oxygens (including phenoxy) is 1. The van der Waals surface area contributed by atoms with Gasteiger partial charge in [-0.15, -0.1) is 13.2 Å². The summed E-state index contributed by atoms with van der Waals surface area (Å²) in [6, 6.07) is 7.36. The molecule has 2 aromatic carbocycles. The van der Waals surface area contributed by atoms with Crippen molar-refractivity contribution >= 4 is 29.7 Å². The molecule has 3 N–H and O–H groups in total. The van der Waals surface area contributed by atoms with Gasteiger partial charge in [-0.25, -0.2) is 4.39 Å². The van der Waals surface area contributed by atoms with Gasteiger partial charge in [0.15, 0.2) is 6.29 Å². The number of halogens is 4. The minimum Gasteiger partial charge on any atom is -0.406 e. The predicted octanol–water partition coefficient (Wildman–Crippen LogP) is 5.59. The van der Waals surface area contributed by atoms with E-state index in [1.807, 2.05) is 0 Å². The van der Waals surface area contributed by atoms with Gasteiger partial charge in [0.2, 0.25) is 5.91 Å². The van der Waals surface area contributed by atoms with Crippen molar-refractivity contribution in [3.05, 3.63) is 65.1 Å². The van der Waals surface area contributed by atoms with E-state index in [9.17, 15) is 27.2 Å². The van der Waals surface area contributed by atoms with Crippen molar-refractivity contribution in [2.45, 2.75) is 44.4 Å². The number of carbonyl (C=O) groups excluding carboxylic acids is 2. The quantitative estimate of drug-likeness (QED) is 0.224. The van der Waals surface area contributed by atoms with Crippen molar-refractivity contribution < 1.29 is 31.9 Å². The van der Waals surface area contributed by atoms with Crippen LogP contribution >= 0.6 is 0 Å². The first-order valence-electron chi connectivity index (χ1n) is 11.4. The lowest BCUT2D eigenvalue weighted by Gasteiger charge is -2.18. The minimum absolute atomic E-state index is 0.0220. The lowest BCUT2D eigenvalue weighted by molar-refractivity contribution is -0.274. The molecule has 36 heavy (non-hydrogen) atoms. The van der Waals surface area contributed by atoms with E-state index in [0.717, 1.165) is 37.7 Å². The van der Waals surface area contributed by atoms with Crippen LogP contribution in [0.25, 0.3) is 5.57 Å². The second-order valence-corrected chi connectivity index (χ2v) is 9.58. The van der Waals surface area contributed by atoms with Crippen LogP contribution in [0.3, 0.4) is 0 Å². The lowest BCUT2D eigenvalue weighted by Crippen LogP contribution is -2.29. The molecule has 4 rings (SSSR count). The Morgan fingerprint density at radius 3 is 2.42 bits per heavy atom. The van der Waals surface area contributed by atoms with E-state index in [1.54, 1.807) is 18.3 Å². The highest BCUT2D eigenvalue weighted by molar-refractivity contribution is 6.11. The van der Waals surface area contributed by atoms with Crippen molar-refractivity contribution in [3.8, 4) is 5.75 Å². The molecule has 0 aliphatic heterocycles. The molecule has 0 bridgehead atoms. The Hall–Kier alpha value is -3.69. The summed E-state index contributed by atoms with van der Waals surface area (Å²) in [6.07, 6.45) is 1.40. The van der Waals surface area contributed by atoms with Crippen molar-refractivity contribution in [1.82, 2.24) is 5.32 Å². The first-order valence-corrected chi connectivity index (χ1v) is 11.4. The van der Waals surface area contributed by atoms with Crippen LogP contribution < -0.4 is 15.4 Å². The maximum Gasteiger partial charge on any atom is 0.573 e. The topological polar surface area (TPSA) is 91.3 Å². The van der Waals surface area contributed by atoms with Crippen LogP contribution in [0.1, 0.15) is 54.1 Å². The molecule has 2 aliphatic carbocycles. The third-order valence-electron chi connectivity index (χ3n) is 6.67. The minimum atomic E-state index is -4.96. The van der Waals surface area contributed by atoms with E-state index in [0.29, 0.717) is 42.0 Å². The number of hydrogen-bond donors (Lipinski definition) is 3. The molecule has 0 unspecified atom stereocenters. The van der Waals surface area contributed by atoms with Gasteiger partial charge in [0, 0.05) is 47.4 Å². The Kier molecular flexibility index (Phi) is 6.64. The zero-order chi connectivity index (χ0) is 26.1. The van der Waals surface area contributed by atoms with Crippen LogP contribution in [0.4, 0.5) is 23.2 Å². The first-order chi connectivity index (χ1) is 17.0. The molecule has 2 saturated carbocycles. The number of benzene rings is 2. The van der Waals surface area contributed by atoms with Crippen molar-refractivity contribution in [3.63, 3.8) is 0 Å². The lowest BCUT2D eigenvalue weighted by atomic mass is 9.93. The zero-order valence-electron chi connectivity index (χ0n) is 19.5. The van der Waals surface area contributed by atoms with E-state index in [-0.39, 0.29) is 16.5 Å². The molecule has 0 saturated heterocycles. The van der Waals surface area contributed by atoms with Crippen LogP contribution in [0.5, 0.6) is 5.75 Å². The third kappa shape index (κ3) is 5.58. The van der Waals surface area contributed by atoms with Crippen LogP contribution in [0.2, 0.25) is 0 Å². The van der Waals surface area contributed by atoms with E-state index in [4.69, 9.17) is 5.41 Å². The summed E-state index contributed by atoms with van der Waals surface area (Å²) in [5.41, 5.74) is 0.592. The molecule has 0 spiro atoms. The molecule has 1 amide bonds. The average molecular weight is 503 g/mol. The monoisotopic (exact) mass is 503 g/mol. The molecule has 2 aliphatic rings. The summed E-state index contributed by atoms with van der Waals surface area (Å²) < 4.78 is 55.6. The Labute approximate surface area is 205 Å². The molecule has 2 fully saturated rings. The maximum atomic E-state index is 14.6. The molecule has 0 atom stereocenters. The highest BCUT2D eigenvalue weighted by Crippen LogP contribution is 2.50. The van der Waals surface area contributed by atoms with Crippen LogP contribution in [0, 0.1) is 16.6 Å². The fourth-order valence-corrected chi connectivity index (χ4v) is 4.07. The highest BCUT2D eigenvalue weighted by Gasteiger charge is 2.53. The maximum absolute atomic E-state index is 14.6. The molecule has 10 heteroatoms. The standard InChI is InChI=1S/C26H25F4N3O3/c1-24(6-7-24)15-32-13-17(12-31)20-4-2-18(10-16(20)14-34)33-23(35)25(8-9-25)21-5-3-19(11-22(21)27)36-26(28,29)30/h2-5,10-14,31-32H,6-9,15H2,1H3,(H,33,35)/b17-13+,31-12?. The Bertz CT molecular complexity index is 1230. The summed E-state index contributed by atoms with van der Waals surface area (Å²) in [4.78, 5) is 24.8. The molecule has 0 aromatic heterocycles. The first kappa shape index (κ1) is 25.4. The fraction of sp³-hybridized carbons (Fsp3) is 0.346. The van der Waals surface area contributed by atoms with Gasteiger partial charge < -0.3 is 20.8 Å². The van der Waals surface area contributed by atoms with E-state index in [1.165, 1.54) is 6.07 Å². The average Bonchev–Trinajstić information content (AvgIpc) is 3.74. The van der Waals surface area contributed by atoms with Crippen molar-refractivity contribution in [1.29, 1.82) is 5.41 Å². The number of nitrogens with one attached hydrogen (secondary N) is 3. The molecule has 190 valence electrons. The van der Waals surface area contributed by atoms with Gasteiger partial charge >= 0.3 is 6.36 Å². The second kappa shape index (κ2) is 9.40. The number of amides is 1. The van der Waals surface area contributed by atoms with Gasteiger partial charge in [-0.05, 0) is 54.9 Å². The van der Waals surface area contributed by atoms with Crippen LogP contribution in [0.15, 0.2) is 42.6 Å². The zero-order valence-corrected chi connectivity index (χ0v) is 19.5. The number of allylic oxidation sites excluding steroid dienone is 1. The summed E-state index contributed by atoms with van der Waals surface area (Å²) in [5, 5.41) is 13.6. The fourth-order valence-electron chi connectivity index (χ4n) is 4.07. The molecule has 0 radical (unpaired) electrons. The number of anilines is 1. The number of hydrogen-bond acceptors (Lipinski definition) is 5. The number of rotatable bonds is 10. The Morgan fingerprint density at radius 1 is 1.14 bits per heavy atom. The molecular weight excluding hydrogens is 478 g/mol. The summed E-state index contributed by atoms with van der Waals surface area (Å²) in [7, 11) is 0. The van der Waals surface area contributed by atoms with Crippen LogP contribution in [-0.2, 0) is 10.2 Å². The predicted molar refractivity (Wildman–Crippen MR) is 127 cm³/mol. The Morgan fingerprint density at radius 2 is 1.86 bits per heavy atom. The summed E-state index contributed by atoms with van der Waals surface area (Å²) in [5.74, 6) is -2.21. The number of carbonyl (C=O) groups is 2. The van der Waals surface area contributed by atoms with E-state index in [2.05, 4.69) is 22.3 Å². The van der Waals surface area contributed by atoms with Gasteiger partial charge in [0.1, 0.15) is 11.6 Å². The smallest absolute Gasteiger partial charge is 0.406 e. The molecule has 6 nitrogen and oxygen atoms in total. The van der Waals surface area contributed by atoms with Gasteiger partial charge in [-0.1, -0.05) is 19.1 Å². The van der Waals surface area contributed by atoms with Gasteiger partial charge in [0.25, 0.3) is 0 Å². The molecule has 0 heterocycles. The van der Waals surface area contributed by atoms with Crippen LogP contribution in [-0.4, -0.2) is 31.3 Å². The summed E-state index contributed by atoms with van der Waals surface area (Å²) >= 11 is 0. The molecule has 2 aromatic rings.